The average molecular weight is 343 g/mol. The molecule has 0 atom stereocenters. The molecule has 0 fully saturated rings. The number of esters is 1. The molecule has 1 N–H and O–H groups in total. The van der Waals surface area contributed by atoms with Crippen LogP contribution in [0, 0.1) is 13.8 Å². The van der Waals surface area contributed by atoms with Gasteiger partial charge in [-0.2, -0.15) is 0 Å². The molecular weight excluding hydrogens is 318 g/mol. The lowest BCUT2D eigenvalue weighted by Gasteiger charge is -2.19. The quantitative estimate of drug-likeness (QED) is 0.847. The van der Waals surface area contributed by atoms with Crippen LogP contribution in [-0.4, -0.2) is 28.4 Å². The van der Waals surface area contributed by atoms with E-state index in [0.717, 1.165) is 22.3 Å². The predicted octanol–water partition coefficient (Wildman–Crippen LogP) is 3.08. The Morgan fingerprint density at radius 2 is 1.92 bits per heavy atom. The van der Waals surface area contributed by atoms with E-state index in [0.29, 0.717) is 18.5 Å². The van der Waals surface area contributed by atoms with E-state index in [1.54, 1.807) is 42.8 Å². The molecule has 0 radical (unpaired) electrons. The summed E-state index contributed by atoms with van der Waals surface area (Å²) in [5.74, 6) is -0.382. The third kappa shape index (κ3) is 4.37. The second kappa shape index (κ2) is 7.23. The summed E-state index contributed by atoms with van der Waals surface area (Å²) in [6.07, 6.45) is 2.27. The molecule has 134 valence electrons. The number of hydrogen-bond donors (Lipinski definition) is 1. The topological polar surface area (TPSA) is 68.5 Å². The zero-order chi connectivity index (χ0) is 18.8. The first-order valence-electron chi connectivity index (χ1n) is 8.26. The summed E-state index contributed by atoms with van der Waals surface area (Å²) in [4.78, 5) is 24.2. The SMILES string of the molecule is COC(=O)c1cccc(-c2cn(CCC(C)(C)O)c(=O)cc2C)c1C. The highest BCUT2D eigenvalue weighted by Gasteiger charge is 2.16. The minimum absolute atomic E-state index is 0.104. The zero-order valence-electron chi connectivity index (χ0n) is 15.4. The molecular formula is C20H25NO4. The van der Waals surface area contributed by atoms with Gasteiger partial charge in [0.25, 0.3) is 5.56 Å². The number of aromatic nitrogens is 1. The summed E-state index contributed by atoms with van der Waals surface area (Å²) in [6.45, 7) is 7.61. The van der Waals surface area contributed by atoms with Crippen molar-refractivity contribution in [1.82, 2.24) is 4.57 Å². The van der Waals surface area contributed by atoms with Crippen molar-refractivity contribution in [2.24, 2.45) is 0 Å². The van der Waals surface area contributed by atoms with Crippen LogP contribution in [0.15, 0.2) is 35.3 Å². The first kappa shape index (κ1) is 18.9. The van der Waals surface area contributed by atoms with E-state index in [-0.39, 0.29) is 11.5 Å². The number of aryl methyl sites for hydroxylation is 2. The van der Waals surface area contributed by atoms with Crippen molar-refractivity contribution in [3.05, 3.63) is 57.5 Å². The minimum Gasteiger partial charge on any atom is -0.465 e. The molecule has 0 saturated carbocycles. The molecule has 1 aromatic heterocycles. The number of carbonyl (C=O) groups excluding carboxylic acids is 1. The van der Waals surface area contributed by atoms with Gasteiger partial charge in [-0.15, -0.1) is 0 Å². The van der Waals surface area contributed by atoms with Gasteiger partial charge in [-0.1, -0.05) is 12.1 Å². The van der Waals surface area contributed by atoms with Crippen molar-refractivity contribution in [1.29, 1.82) is 0 Å². The van der Waals surface area contributed by atoms with Gasteiger partial charge in [-0.3, -0.25) is 4.79 Å². The molecule has 5 nitrogen and oxygen atoms in total. The number of benzene rings is 1. The van der Waals surface area contributed by atoms with Crippen LogP contribution in [0.3, 0.4) is 0 Å². The lowest BCUT2D eigenvalue weighted by atomic mass is 9.95. The summed E-state index contributed by atoms with van der Waals surface area (Å²) < 4.78 is 6.44. The second-order valence-corrected chi connectivity index (χ2v) is 6.93. The number of nitrogens with zero attached hydrogens (tertiary/aromatic N) is 1. The van der Waals surface area contributed by atoms with Crippen molar-refractivity contribution in [2.75, 3.05) is 7.11 Å². The molecule has 0 aliphatic carbocycles. The Kier molecular flexibility index (Phi) is 5.48. The highest BCUT2D eigenvalue weighted by molar-refractivity contribution is 5.93. The summed E-state index contributed by atoms with van der Waals surface area (Å²) in [5.41, 5.74) is 2.99. The van der Waals surface area contributed by atoms with Gasteiger partial charge in [-0.25, -0.2) is 4.79 Å². The number of carbonyl (C=O) groups is 1. The number of pyridine rings is 1. The average Bonchev–Trinajstić information content (AvgIpc) is 2.53. The first-order valence-corrected chi connectivity index (χ1v) is 8.26. The molecule has 2 rings (SSSR count). The molecule has 0 unspecified atom stereocenters. The Morgan fingerprint density at radius 1 is 1.24 bits per heavy atom. The van der Waals surface area contributed by atoms with Gasteiger partial charge >= 0.3 is 5.97 Å². The molecule has 1 aromatic carbocycles. The maximum Gasteiger partial charge on any atom is 0.338 e. The lowest BCUT2D eigenvalue weighted by Crippen LogP contribution is -2.26. The predicted molar refractivity (Wildman–Crippen MR) is 97.9 cm³/mol. The number of rotatable bonds is 5. The standard InChI is InChI=1S/C20H25NO4/c1-13-11-18(22)21(10-9-20(3,4)24)12-17(13)15-7-6-8-16(14(15)2)19(23)25-5/h6-8,11-12,24H,9-10H2,1-5H3. The molecule has 1 heterocycles. The number of aliphatic hydroxyl groups is 1. The van der Waals surface area contributed by atoms with Crippen LogP contribution in [0.5, 0.6) is 0 Å². The Balaban J connectivity index is 2.53. The third-order valence-corrected chi connectivity index (χ3v) is 4.33. The minimum atomic E-state index is -0.842. The van der Waals surface area contributed by atoms with Crippen LogP contribution in [0.2, 0.25) is 0 Å². The molecule has 0 spiro atoms. The van der Waals surface area contributed by atoms with Crippen molar-refractivity contribution in [3.8, 4) is 11.1 Å². The van der Waals surface area contributed by atoms with E-state index < -0.39 is 5.60 Å². The first-order chi connectivity index (χ1) is 11.6. The largest absolute Gasteiger partial charge is 0.465 e. The Labute approximate surface area is 147 Å². The van der Waals surface area contributed by atoms with E-state index in [9.17, 15) is 14.7 Å². The number of ether oxygens (including phenoxy) is 1. The van der Waals surface area contributed by atoms with Crippen LogP contribution in [0.25, 0.3) is 11.1 Å². The lowest BCUT2D eigenvalue weighted by molar-refractivity contribution is 0.0599. The van der Waals surface area contributed by atoms with E-state index in [4.69, 9.17) is 4.74 Å². The smallest absolute Gasteiger partial charge is 0.338 e. The molecule has 2 aromatic rings. The molecule has 0 saturated heterocycles. The van der Waals surface area contributed by atoms with Crippen molar-refractivity contribution in [2.45, 2.75) is 46.3 Å². The molecule has 0 bridgehead atoms. The van der Waals surface area contributed by atoms with Gasteiger partial charge in [0, 0.05) is 24.4 Å². The highest BCUT2D eigenvalue weighted by atomic mass is 16.5. The highest BCUT2D eigenvalue weighted by Crippen LogP contribution is 2.28. The van der Waals surface area contributed by atoms with Gasteiger partial charge < -0.3 is 14.4 Å². The number of hydrogen-bond acceptors (Lipinski definition) is 4. The summed E-state index contributed by atoms with van der Waals surface area (Å²) in [7, 11) is 1.36. The van der Waals surface area contributed by atoms with Crippen LogP contribution in [-0.2, 0) is 11.3 Å². The maximum absolute atomic E-state index is 12.3. The van der Waals surface area contributed by atoms with Crippen molar-refractivity contribution >= 4 is 5.97 Å². The van der Waals surface area contributed by atoms with Gasteiger partial charge in [0.1, 0.15) is 0 Å². The third-order valence-electron chi connectivity index (χ3n) is 4.33. The molecule has 25 heavy (non-hydrogen) atoms. The molecule has 0 aliphatic rings. The fraction of sp³-hybridized carbons (Fsp3) is 0.400. The number of methoxy groups -OCH3 is 1. The fourth-order valence-electron chi connectivity index (χ4n) is 2.78. The summed E-state index contributed by atoms with van der Waals surface area (Å²) in [5, 5.41) is 9.91. The van der Waals surface area contributed by atoms with Crippen LogP contribution >= 0.6 is 0 Å². The zero-order valence-corrected chi connectivity index (χ0v) is 15.4. The maximum atomic E-state index is 12.3. The Bertz CT molecular complexity index is 844. The molecule has 0 aliphatic heterocycles. The normalized spacial score (nSPS) is 11.4. The summed E-state index contributed by atoms with van der Waals surface area (Å²) in [6, 6.07) is 7.05. The van der Waals surface area contributed by atoms with Gasteiger partial charge in [0.05, 0.1) is 18.3 Å². The van der Waals surface area contributed by atoms with Gasteiger partial charge in [0.15, 0.2) is 0 Å². The van der Waals surface area contributed by atoms with E-state index in [1.807, 2.05) is 19.9 Å². The van der Waals surface area contributed by atoms with Crippen molar-refractivity contribution in [3.63, 3.8) is 0 Å². The fourth-order valence-corrected chi connectivity index (χ4v) is 2.78. The molecule has 0 amide bonds. The van der Waals surface area contributed by atoms with Gasteiger partial charge in [-0.05, 0) is 56.9 Å². The Morgan fingerprint density at radius 3 is 2.52 bits per heavy atom. The van der Waals surface area contributed by atoms with Crippen molar-refractivity contribution < 1.29 is 14.6 Å². The van der Waals surface area contributed by atoms with Gasteiger partial charge in [0.2, 0.25) is 0 Å². The van der Waals surface area contributed by atoms with Crippen LogP contribution in [0.1, 0.15) is 41.8 Å². The van der Waals surface area contributed by atoms with Crippen LogP contribution < -0.4 is 5.56 Å². The monoisotopic (exact) mass is 343 g/mol. The second-order valence-electron chi connectivity index (χ2n) is 6.93. The van der Waals surface area contributed by atoms with E-state index >= 15 is 0 Å². The Hall–Kier alpha value is -2.40. The van der Waals surface area contributed by atoms with Crippen LogP contribution in [0.4, 0.5) is 0 Å². The summed E-state index contributed by atoms with van der Waals surface area (Å²) >= 11 is 0. The van der Waals surface area contributed by atoms with E-state index in [2.05, 4.69) is 0 Å². The molecule has 5 heteroatoms. The van der Waals surface area contributed by atoms with E-state index in [1.165, 1.54) is 7.11 Å².